The molecule has 0 heterocycles. The molecule has 1 amide bonds. The number of rotatable bonds is 7. The van der Waals surface area contributed by atoms with Crippen molar-refractivity contribution in [3.8, 4) is 0 Å². The maximum absolute atomic E-state index is 12.1. The average Bonchev–Trinajstić information content (AvgIpc) is 2.49. The van der Waals surface area contributed by atoms with E-state index in [1.54, 1.807) is 30.3 Å². The summed E-state index contributed by atoms with van der Waals surface area (Å²) in [4.78, 5) is 23.2. The van der Waals surface area contributed by atoms with Crippen LogP contribution in [0, 0.1) is 5.92 Å². The number of ether oxygens (including phenoxy) is 1. The summed E-state index contributed by atoms with van der Waals surface area (Å²) in [5.74, 6) is -2.91. The number of carboxylic acid groups (broad SMARTS) is 1. The molecule has 1 rings (SSSR count). The van der Waals surface area contributed by atoms with Crippen molar-refractivity contribution in [2.45, 2.75) is 32.2 Å². The van der Waals surface area contributed by atoms with Crippen LogP contribution in [0.25, 0.3) is 0 Å². The fourth-order valence-electron chi connectivity index (χ4n) is 1.87. The Balaban J connectivity index is 2.81. The molecule has 0 saturated carbocycles. The van der Waals surface area contributed by atoms with E-state index in [2.05, 4.69) is 10.1 Å². The molecule has 2 N–H and O–H groups in total. The van der Waals surface area contributed by atoms with Gasteiger partial charge < -0.3 is 15.2 Å². The third-order valence-corrected chi connectivity index (χ3v) is 3.21. The molecule has 23 heavy (non-hydrogen) atoms. The normalized spacial score (nSPS) is 15.5. The summed E-state index contributed by atoms with van der Waals surface area (Å²) < 4.78 is 40.8. The molecule has 0 aliphatic carbocycles. The Labute approximate surface area is 131 Å². The number of nitrogens with one attached hydrogen (secondary N) is 1. The van der Waals surface area contributed by atoms with Crippen LogP contribution in [-0.2, 0) is 14.3 Å². The number of carbonyl (C=O) groups is 2. The maximum atomic E-state index is 12.1. The monoisotopic (exact) mass is 333 g/mol. The van der Waals surface area contributed by atoms with E-state index in [0.29, 0.717) is 5.56 Å². The van der Waals surface area contributed by atoms with Crippen LogP contribution < -0.4 is 5.32 Å². The van der Waals surface area contributed by atoms with Gasteiger partial charge in [0.1, 0.15) is 12.7 Å². The largest absolute Gasteiger partial charge is 0.481 e. The van der Waals surface area contributed by atoms with Gasteiger partial charge >= 0.3 is 12.1 Å². The van der Waals surface area contributed by atoms with Crippen molar-refractivity contribution < 1.29 is 32.6 Å². The minimum absolute atomic E-state index is 0.541. The Morgan fingerprint density at radius 2 is 1.78 bits per heavy atom. The predicted molar refractivity (Wildman–Crippen MR) is 75.6 cm³/mol. The molecule has 3 atom stereocenters. The third kappa shape index (κ3) is 6.27. The van der Waals surface area contributed by atoms with Crippen molar-refractivity contribution >= 4 is 11.9 Å². The standard InChI is InChI=1S/C15H18F3NO4/c1-9(14(21)22)12(11-6-4-3-5-7-11)19-13(20)10(2)23-8-15(16,17)18/h3-7,9-10,12H,8H2,1-2H3,(H,19,20)(H,21,22)/t9-,10+,12+/m1/s1. The number of alkyl halides is 3. The molecule has 1 aromatic carbocycles. The van der Waals surface area contributed by atoms with Crippen LogP contribution in [0.4, 0.5) is 13.2 Å². The molecule has 0 aliphatic heterocycles. The second-order valence-corrected chi connectivity index (χ2v) is 5.09. The minimum Gasteiger partial charge on any atom is -0.481 e. The number of carboxylic acids is 1. The predicted octanol–water partition coefficient (Wildman–Crippen LogP) is 2.53. The van der Waals surface area contributed by atoms with Gasteiger partial charge in [-0.05, 0) is 19.4 Å². The molecular formula is C15H18F3NO4. The smallest absolute Gasteiger partial charge is 0.411 e. The molecule has 128 valence electrons. The summed E-state index contributed by atoms with van der Waals surface area (Å²) in [5, 5.41) is 11.6. The lowest BCUT2D eigenvalue weighted by Crippen LogP contribution is -2.42. The lowest BCUT2D eigenvalue weighted by molar-refractivity contribution is -0.185. The number of aliphatic carboxylic acids is 1. The van der Waals surface area contributed by atoms with E-state index in [9.17, 15) is 22.8 Å². The minimum atomic E-state index is -4.54. The molecular weight excluding hydrogens is 315 g/mol. The Kier molecular flexibility index (Phi) is 6.56. The zero-order valence-electron chi connectivity index (χ0n) is 12.6. The summed E-state index contributed by atoms with van der Waals surface area (Å²) in [6.07, 6.45) is -5.90. The summed E-state index contributed by atoms with van der Waals surface area (Å²) in [6, 6.07) is 7.46. The fraction of sp³-hybridized carbons (Fsp3) is 0.467. The van der Waals surface area contributed by atoms with Crippen molar-refractivity contribution in [1.29, 1.82) is 0 Å². The number of hydrogen-bond donors (Lipinski definition) is 2. The first kappa shape index (κ1) is 19.0. The highest BCUT2D eigenvalue weighted by atomic mass is 19.4. The maximum Gasteiger partial charge on any atom is 0.411 e. The van der Waals surface area contributed by atoms with Crippen LogP contribution in [0.3, 0.4) is 0 Å². The summed E-state index contributed by atoms with van der Waals surface area (Å²) >= 11 is 0. The molecule has 0 unspecified atom stereocenters. The van der Waals surface area contributed by atoms with Crippen LogP contribution in [0.2, 0.25) is 0 Å². The van der Waals surface area contributed by atoms with E-state index in [-0.39, 0.29) is 0 Å². The molecule has 0 radical (unpaired) electrons. The number of hydrogen-bond acceptors (Lipinski definition) is 3. The summed E-state index contributed by atoms with van der Waals surface area (Å²) in [6.45, 7) is 1.03. The van der Waals surface area contributed by atoms with Gasteiger partial charge in [0.05, 0.1) is 12.0 Å². The molecule has 0 aliphatic rings. The Morgan fingerprint density at radius 3 is 2.26 bits per heavy atom. The average molecular weight is 333 g/mol. The second-order valence-electron chi connectivity index (χ2n) is 5.09. The SMILES string of the molecule is C[C@H](OCC(F)(F)F)C(=O)N[C@H](c1ccccc1)[C@@H](C)C(=O)O. The molecule has 1 aromatic rings. The highest BCUT2D eigenvalue weighted by Crippen LogP contribution is 2.23. The van der Waals surface area contributed by atoms with Crippen molar-refractivity contribution in [1.82, 2.24) is 5.32 Å². The highest BCUT2D eigenvalue weighted by Gasteiger charge is 2.32. The third-order valence-electron chi connectivity index (χ3n) is 3.21. The topological polar surface area (TPSA) is 75.6 Å². The molecule has 0 fully saturated rings. The van der Waals surface area contributed by atoms with Gasteiger partial charge in [-0.25, -0.2) is 0 Å². The highest BCUT2D eigenvalue weighted by molar-refractivity contribution is 5.82. The summed E-state index contributed by atoms with van der Waals surface area (Å²) in [7, 11) is 0. The van der Waals surface area contributed by atoms with Crippen molar-refractivity contribution in [3.63, 3.8) is 0 Å². The van der Waals surface area contributed by atoms with Crippen molar-refractivity contribution in [3.05, 3.63) is 35.9 Å². The lowest BCUT2D eigenvalue weighted by Gasteiger charge is -2.25. The number of carbonyl (C=O) groups excluding carboxylic acids is 1. The van der Waals surface area contributed by atoms with E-state index in [4.69, 9.17) is 5.11 Å². The van der Waals surface area contributed by atoms with Crippen LogP contribution in [0.15, 0.2) is 30.3 Å². The van der Waals surface area contributed by atoms with E-state index in [1.165, 1.54) is 13.8 Å². The first-order valence-corrected chi connectivity index (χ1v) is 6.88. The van der Waals surface area contributed by atoms with Crippen molar-refractivity contribution in [2.75, 3.05) is 6.61 Å². The Hall–Kier alpha value is -2.09. The molecule has 5 nitrogen and oxygen atoms in total. The van der Waals surface area contributed by atoms with Gasteiger partial charge in [0.2, 0.25) is 5.91 Å². The van der Waals surface area contributed by atoms with Gasteiger partial charge in [0.15, 0.2) is 0 Å². The fourth-order valence-corrected chi connectivity index (χ4v) is 1.87. The molecule has 0 saturated heterocycles. The number of amides is 1. The van der Waals surface area contributed by atoms with E-state index < -0.39 is 42.7 Å². The first-order chi connectivity index (χ1) is 10.6. The molecule has 8 heteroatoms. The second kappa shape index (κ2) is 7.96. The summed E-state index contributed by atoms with van der Waals surface area (Å²) in [5.41, 5.74) is 0.541. The quantitative estimate of drug-likeness (QED) is 0.804. The molecule has 0 spiro atoms. The zero-order chi connectivity index (χ0) is 17.6. The van der Waals surface area contributed by atoms with Gasteiger partial charge in [-0.3, -0.25) is 9.59 Å². The van der Waals surface area contributed by atoms with Gasteiger partial charge in [-0.2, -0.15) is 13.2 Å². The van der Waals surface area contributed by atoms with Gasteiger partial charge in [-0.15, -0.1) is 0 Å². The Bertz CT molecular complexity index is 533. The van der Waals surface area contributed by atoms with E-state index >= 15 is 0 Å². The lowest BCUT2D eigenvalue weighted by atomic mass is 9.94. The first-order valence-electron chi connectivity index (χ1n) is 6.88. The van der Waals surface area contributed by atoms with Crippen LogP contribution in [-0.4, -0.2) is 35.9 Å². The van der Waals surface area contributed by atoms with E-state index in [1.807, 2.05) is 0 Å². The zero-order valence-corrected chi connectivity index (χ0v) is 12.6. The van der Waals surface area contributed by atoms with Crippen LogP contribution in [0.5, 0.6) is 0 Å². The number of halogens is 3. The van der Waals surface area contributed by atoms with Gasteiger partial charge in [-0.1, -0.05) is 30.3 Å². The van der Waals surface area contributed by atoms with Gasteiger partial charge in [0, 0.05) is 0 Å². The number of benzene rings is 1. The van der Waals surface area contributed by atoms with Crippen LogP contribution >= 0.6 is 0 Å². The van der Waals surface area contributed by atoms with Crippen molar-refractivity contribution in [2.24, 2.45) is 5.92 Å². The van der Waals surface area contributed by atoms with Crippen LogP contribution in [0.1, 0.15) is 25.5 Å². The van der Waals surface area contributed by atoms with Gasteiger partial charge in [0.25, 0.3) is 0 Å². The Morgan fingerprint density at radius 1 is 1.22 bits per heavy atom. The molecule has 0 bridgehead atoms. The van der Waals surface area contributed by atoms with E-state index in [0.717, 1.165) is 0 Å². The molecule has 0 aromatic heterocycles.